The molecule has 1 fully saturated rings. The van der Waals surface area contributed by atoms with Crippen LogP contribution in [0.1, 0.15) is 27.2 Å². The number of hydrogen-bond donors (Lipinski definition) is 1. The van der Waals surface area contributed by atoms with Crippen LogP contribution in [0.15, 0.2) is 18.2 Å². The molecule has 0 spiro atoms. The summed E-state index contributed by atoms with van der Waals surface area (Å²) in [5, 5.41) is 2.60. The van der Waals surface area contributed by atoms with Gasteiger partial charge in [0.05, 0.1) is 0 Å². The zero-order valence-electron chi connectivity index (χ0n) is 14.7. The summed E-state index contributed by atoms with van der Waals surface area (Å²) >= 11 is 0. The summed E-state index contributed by atoms with van der Waals surface area (Å²) in [5.41, 5.74) is 0.233. The van der Waals surface area contributed by atoms with E-state index in [0.29, 0.717) is 13.1 Å². The van der Waals surface area contributed by atoms with Crippen LogP contribution < -0.4 is 10.1 Å². The lowest BCUT2D eigenvalue weighted by atomic mass is 10.1. The van der Waals surface area contributed by atoms with Gasteiger partial charge in [-0.15, -0.1) is 0 Å². The van der Waals surface area contributed by atoms with Crippen LogP contribution in [0.2, 0.25) is 0 Å². The number of halogens is 3. The molecule has 0 bridgehead atoms. The molecule has 8 heteroatoms. The SMILES string of the molecule is CC(C)(C)N1CCCN(C(=O)Nc2ccc(OC(F)F)c(F)c2)CC1. The highest BCUT2D eigenvalue weighted by Crippen LogP contribution is 2.23. The molecule has 0 aromatic heterocycles. The van der Waals surface area contributed by atoms with Crippen LogP contribution in [-0.4, -0.2) is 54.2 Å². The van der Waals surface area contributed by atoms with E-state index in [4.69, 9.17) is 0 Å². The molecule has 5 nitrogen and oxygen atoms in total. The van der Waals surface area contributed by atoms with Gasteiger partial charge < -0.3 is 15.0 Å². The lowest BCUT2D eigenvalue weighted by molar-refractivity contribution is -0.0521. The number of rotatable bonds is 3. The van der Waals surface area contributed by atoms with E-state index < -0.39 is 18.2 Å². The number of nitrogens with one attached hydrogen (secondary N) is 1. The van der Waals surface area contributed by atoms with Gasteiger partial charge in [-0.1, -0.05) is 0 Å². The summed E-state index contributed by atoms with van der Waals surface area (Å²) in [5.74, 6) is -1.50. The van der Waals surface area contributed by atoms with E-state index in [1.54, 1.807) is 4.90 Å². The summed E-state index contributed by atoms with van der Waals surface area (Å²) < 4.78 is 42.0. The highest BCUT2D eigenvalue weighted by molar-refractivity contribution is 5.89. The van der Waals surface area contributed by atoms with Crippen LogP contribution in [0, 0.1) is 5.82 Å². The standard InChI is InChI=1S/C17H24F3N3O2/c1-17(2,3)23-8-4-7-22(9-10-23)16(24)21-12-5-6-14(13(18)11-12)25-15(19)20/h5-6,11,15H,4,7-10H2,1-3H3,(H,21,24). The first-order chi connectivity index (χ1) is 11.7. The molecule has 1 aromatic rings. The van der Waals surface area contributed by atoms with E-state index in [9.17, 15) is 18.0 Å². The third kappa shape index (κ3) is 5.52. The summed E-state index contributed by atoms with van der Waals surface area (Å²) in [4.78, 5) is 16.4. The van der Waals surface area contributed by atoms with Gasteiger partial charge in [-0.05, 0) is 39.3 Å². The predicted octanol–water partition coefficient (Wildman–Crippen LogP) is 3.77. The van der Waals surface area contributed by atoms with Crippen LogP contribution in [0.25, 0.3) is 0 Å². The lowest BCUT2D eigenvalue weighted by Crippen LogP contribution is -2.44. The quantitative estimate of drug-likeness (QED) is 0.894. The van der Waals surface area contributed by atoms with E-state index in [-0.39, 0.29) is 17.3 Å². The number of urea groups is 1. The van der Waals surface area contributed by atoms with Gasteiger partial charge in [0.15, 0.2) is 11.6 Å². The molecule has 1 N–H and O–H groups in total. The molecule has 1 heterocycles. The third-order valence-electron chi connectivity index (χ3n) is 4.13. The zero-order chi connectivity index (χ0) is 18.6. The number of ether oxygens (including phenoxy) is 1. The lowest BCUT2D eigenvalue weighted by Gasteiger charge is -2.34. The molecule has 0 radical (unpaired) electrons. The third-order valence-corrected chi connectivity index (χ3v) is 4.13. The average Bonchev–Trinajstić information content (AvgIpc) is 2.75. The molecular weight excluding hydrogens is 335 g/mol. The van der Waals surface area contributed by atoms with Crippen molar-refractivity contribution in [2.75, 3.05) is 31.5 Å². The summed E-state index contributed by atoms with van der Waals surface area (Å²) in [6.45, 7) is 6.13. The molecule has 140 valence electrons. The summed E-state index contributed by atoms with van der Waals surface area (Å²) in [6.07, 6.45) is 0.847. The maximum atomic E-state index is 13.7. The van der Waals surface area contributed by atoms with Crippen molar-refractivity contribution < 1.29 is 22.7 Å². The van der Waals surface area contributed by atoms with Gasteiger partial charge in [-0.3, -0.25) is 4.90 Å². The highest BCUT2D eigenvalue weighted by Gasteiger charge is 2.26. The second-order valence-electron chi connectivity index (χ2n) is 6.95. The Morgan fingerprint density at radius 3 is 2.52 bits per heavy atom. The van der Waals surface area contributed by atoms with Crippen LogP contribution in [0.4, 0.5) is 23.7 Å². The van der Waals surface area contributed by atoms with Crippen molar-refractivity contribution in [1.29, 1.82) is 0 Å². The van der Waals surface area contributed by atoms with E-state index >= 15 is 0 Å². The topological polar surface area (TPSA) is 44.8 Å². The van der Waals surface area contributed by atoms with Crippen LogP contribution in [-0.2, 0) is 0 Å². The van der Waals surface area contributed by atoms with Gasteiger partial charge in [0, 0.05) is 43.5 Å². The Balaban J connectivity index is 1.96. The zero-order valence-corrected chi connectivity index (χ0v) is 14.7. The Morgan fingerprint density at radius 2 is 1.92 bits per heavy atom. The first-order valence-corrected chi connectivity index (χ1v) is 8.22. The molecule has 0 saturated carbocycles. The number of carbonyl (C=O) groups excluding carboxylic acids is 1. The average molecular weight is 359 g/mol. The number of carbonyl (C=O) groups is 1. The number of hydrogen-bond acceptors (Lipinski definition) is 3. The van der Waals surface area contributed by atoms with Crippen LogP contribution in [0.3, 0.4) is 0 Å². The maximum Gasteiger partial charge on any atom is 0.387 e. The molecule has 1 saturated heterocycles. The fraction of sp³-hybridized carbons (Fsp3) is 0.588. The highest BCUT2D eigenvalue weighted by atomic mass is 19.3. The van der Waals surface area contributed by atoms with Crippen molar-refractivity contribution in [3.05, 3.63) is 24.0 Å². The molecule has 0 unspecified atom stereocenters. The van der Waals surface area contributed by atoms with E-state index in [0.717, 1.165) is 31.6 Å². The molecule has 25 heavy (non-hydrogen) atoms. The fourth-order valence-electron chi connectivity index (χ4n) is 2.76. The smallest absolute Gasteiger partial charge is 0.387 e. The van der Waals surface area contributed by atoms with Gasteiger partial charge >= 0.3 is 12.6 Å². The molecule has 1 aliphatic rings. The Bertz CT molecular complexity index is 605. The Labute approximate surface area is 145 Å². The normalized spacial score (nSPS) is 16.7. The van der Waals surface area contributed by atoms with Gasteiger partial charge in [0.25, 0.3) is 0 Å². The van der Waals surface area contributed by atoms with Crippen molar-refractivity contribution in [1.82, 2.24) is 9.80 Å². The Kier molecular flexibility index (Phi) is 6.16. The van der Waals surface area contributed by atoms with Crippen LogP contribution >= 0.6 is 0 Å². The minimum atomic E-state index is -3.10. The number of anilines is 1. The Morgan fingerprint density at radius 1 is 1.20 bits per heavy atom. The van der Waals surface area contributed by atoms with Gasteiger partial charge in [-0.25, -0.2) is 9.18 Å². The minimum Gasteiger partial charge on any atom is -0.432 e. The first-order valence-electron chi connectivity index (χ1n) is 8.22. The largest absolute Gasteiger partial charge is 0.432 e. The van der Waals surface area contributed by atoms with E-state index in [1.165, 1.54) is 6.07 Å². The van der Waals surface area contributed by atoms with Crippen LogP contribution in [0.5, 0.6) is 5.75 Å². The molecule has 1 aromatic carbocycles. The van der Waals surface area contributed by atoms with Crippen molar-refractivity contribution in [3.63, 3.8) is 0 Å². The molecule has 2 amide bonds. The van der Waals surface area contributed by atoms with Gasteiger partial charge in [0.2, 0.25) is 0 Å². The van der Waals surface area contributed by atoms with Gasteiger partial charge in [0.1, 0.15) is 0 Å². The second kappa shape index (κ2) is 7.95. The van der Waals surface area contributed by atoms with E-state index in [2.05, 4.69) is 35.7 Å². The fourth-order valence-corrected chi connectivity index (χ4v) is 2.76. The predicted molar refractivity (Wildman–Crippen MR) is 89.6 cm³/mol. The van der Waals surface area contributed by atoms with Crippen molar-refractivity contribution in [3.8, 4) is 5.75 Å². The number of alkyl halides is 2. The Hall–Kier alpha value is -1.96. The van der Waals surface area contributed by atoms with Crippen molar-refractivity contribution in [2.24, 2.45) is 0 Å². The van der Waals surface area contributed by atoms with Crippen molar-refractivity contribution >= 4 is 11.7 Å². The number of nitrogens with zero attached hydrogens (tertiary/aromatic N) is 2. The minimum absolute atomic E-state index is 0.0378. The second-order valence-corrected chi connectivity index (χ2v) is 6.95. The molecule has 1 aliphatic heterocycles. The van der Waals surface area contributed by atoms with E-state index in [1.807, 2.05) is 0 Å². The molecule has 0 aliphatic carbocycles. The number of benzene rings is 1. The van der Waals surface area contributed by atoms with Gasteiger partial charge in [-0.2, -0.15) is 8.78 Å². The maximum absolute atomic E-state index is 13.7. The summed E-state index contributed by atoms with van der Waals surface area (Å²) in [7, 11) is 0. The molecule has 2 rings (SSSR count). The first kappa shape index (κ1) is 19.4. The number of amides is 2. The molecular formula is C17H24F3N3O2. The monoisotopic (exact) mass is 359 g/mol. The molecule has 0 atom stereocenters. The van der Waals surface area contributed by atoms with Crippen molar-refractivity contribution in [2.45, 2.75) is 39.3 Å². The summed E-state index contributed by atoms with van der Waals surface area (Å²) in [6, 6.07) is 3.03.